The number of carbonyl (C=O) groups excluding carboxylic acids is 1. The molecule has 1 aliphatic rings. The lowest BCUT2D eigenvalue weighted by Crippen LogP contribution is -2.54. The largest absolute Gasteiger partial charge is 0.435 e. The van der Waals surface area contributed by atoms with Gasteiger partial charge >= 0.3 is 6.61 Å². The molecule has 0 unspecified atom stereocenters. The van der Waals surface area contributed by atoms with E-state index in [2.05, 4.69) is 9.72 Å². The monoisotopic (exact) mass is 389 g/mol. The van der Waals surface area contributed by atoms with Gasteiger partial charge in [0.1, 0.15) is 5.75 Å². The Morgan fingerprint density at radius 2 is 1.89 bits per heavy atom. The number of nitrogens with zero attached hydrogens (tertiary/aromatic N) is 3. The van der Waals surface area contributed by atoms with E-state index in [0.717, 1.165) is 0 Å². The summed E-state index contributed by atoms with van der Waals surface area (Å²) >= 11 is 0. The molecule has 3 rings (SSSR count). The van der Waals surface area contributed by atoms with E-state index in [1.807, 2.05) is 0 Å². The van der Waals surface area contributed by atoms with Crippen LogP contribution in [0.3, 0.4) is 0 Å². The number of carbonyl (C=O) groups is 1. The van der Waals surface area contributed by atoms with E-state index >= 15 is 0 Å². The van der Waals surface area contributed by atoms with Crippen molar-refractivity contribution < 1.29 is 23.4 Å². The zero-order chi connectivity index (χ0) is 20.3. The summed E-state index contributed by atoms with van der Waals surface area (Å²) in [5.41, 5.74) is 1.96. The quantitative estimate of drug-likeness (QED) is 0.820. The predicted molar refractivity (Wildman–Crippen MR) is 100 cm³/mol. The Bertz CT molecular complexity index is 842. The van der Waals surface area contributed by atoms with Crippen LogP contribution in [0.4, 0.5) is 14.5 Å². The second kappa shape index (κ2) is 8.35. The van der Waals surface area contributed by atoms with Crippen molar-refractivity contribution >= 4 is 17.3 Å². The average Bonchev–Trinajstić information content (AvgIpc) is 2.68. The van der Waals surface area contributed by atoms with Crippen LogP contribution >= 0.6 is 0 Å². The Labute approximate surface area is 161 Å². The summed E-state index contributed by atoms with van der Waals surface area (Å²) in [4.78, 5) is 16.8. The van der Waals surface area contributed by atoms with Gasteiger partial charge in [-0.1, -0.05) is 0 Å². The van der Waals surface area contributed by atoms with Gasteiger partial charge in [0.25, 0.3) is 0 Å². The van der Waals surface area contributed by atoms with Gasteiger partial charge in [0.15, 0.2) is 0 Å². The molecule has 2 aromatic rings. The van der Waals surface area contributed by atoms with Crippen molar-refractivity contribution in [3.8, 4) is 5.75 Å². The summed E-state index contributed by atoms with van der Waals surface area (Å²) in [5.74, 6) is -0.118. The van der Waals surface area contributed by atoms with Gasteiger partial charge in [0.05, 0.1) is 29.7 Å². The summed E-state index contributed by atoms with van der Waals surface area (Å²) in [5, 5.41) is 13.4. The number of ether oxygens (including phenoxy) is 1. The molecule has 0 aliphatic carbocycles. The molecular weight excluding hydrogens is 368 g/mol. The molecular formula is C20H21F2N3O3. The fourth-order valence-corrected chi connectivity index (χ4v) is 3.00. The smallest absolute Gasteiger partial charge is 0.387 e. The summed E-state index contributed by atoms with van der Waals surface area (Å²) in [6, 6.07) is 9.21. The van der Waals surface area contributed by atoms with Crippen molar-refractivity contribution in [2.45, 2.75) is 39.0 Å². The molecule has 148 valence electrons. The molecule has 0 spiro atoms. The van der Waals surface area contributed by atoms with E-state index in [0.29, 0.717) is 16.9 Å². The lowest BCUT2D eigenvalue weighted by Gasteiger charge is -2.45. The Kier molecular flexibility index (Phi) is 5.89. The molecule has 6 nitrogen and oxygen atoms in total. The zero-order valence-corrected chi connectivity index (χ0v) is 15.5. The van der Waals surface area contributed by atoms with Crippen molar-refractivity contribution in [2.24, 2.45) is 0 Å². The molecule has 1 aromatic heterocycles. The van der Waals surface area contributed by atoms with Crippen LogP contribution in [0.5, 0.6) is 5.75 Å². The Balaban J connectivity index is 2.02. The van der Waals surface area contributed by atoms with Crippen LogP contribution in [0.2, 0.25) is 0 Å². The maximum Gasteiger partial charge on any atom is 0.387 e. The first-order valence-electron chi connectivity index (χ1n) is 8.84. The lowest BCUT2D eigenvalue weighted by atomic mass is 10.0. The number of hydrogen-bond acceptors (Lipinski definition) is 5. The van der Waals surface area contributed by atoms with E-state index in [-0.39, 0.29) is 18.1 Å². The van der Waals surface area contributed by atoms with Gasteiger partial charge in [-0.25, -0.2) is 5.01 Å². The number of benzene rings is 1. The van der Waals surface area contributed by atoms with Crippen LogP contribution in [0.15, 0.2) is 54.9 Å². The fourth-order valence-electron chi connectivity index (χ4n) is 3.00. The molecule has 1 aliphatic heterocycles. The third kappa shape index (κ3) is 4.12. The Morgan fingerprint density at radius 3 is 2.46 bits per heavy atom. The minimum atomic E-state index is -2.90. The molecule has 1 amide bonds. The number of amides is 1. The number of halogens is 2. The van der Waals surface area contributed by atoms with E-state index in [4.69, 9.17) is 0 Å². The summed E-state index contributed by atoms with van der Waals surface area (Å²) in [6.07, 6.45) is 4.36. The summed E-state index contributed by atoms with van der Waals surface area (Å²) in [6.45, 7) is 0.544. The number of aliphatic hydroxyl groups excluding tert-OH is 1. The molecule has 2 heterocycles. The minimum Gasteiger partial charge on any atom is -0.435 e. The molecule has 0 radical (unpaired) electrons. The molecule has 28 heavy (non-hydrogen) atoms. The van der Waals surface area contributed by atoms with Crippen molar-refractivity contribution in [2.75, 3.05) is 5.01 Å². The predicted octanol–water partition coefficient (Wildman–Crippen LogP) is 3.45. The molecule has 2 atom stereocenters. The SMILES string of the molecule is C[C@H](O)[C@H](C)N1C(c2ccc(OC(F)F)cc2)=CCC(=O)N1c1cccnc1. The van der Waals surface area contributed by atoms with Crippen molar-refractivity contribution in [3.05, 3.63) is 60.4 Å². The number of hydrogen-bond donors (Lipinski definition) is 1. The van der Waals surface area contributed by atoms with Gasteiger partial charge in [-0.05, 0) is 61.9 Å². The van der Waals surface area contributed by atoms with Crippen molar-refractivity contribution in [1.82, 2.24) is 9.99 Å². The third-order valence-corrected chi connectivity index (χ3v) is 4.52. The molecule has 0 saturated carbocycles. The van der Waals surface area contributed by atoms with E-state index in [1.54, 1.807) is 61.6 Å². The van der Waals surface area contributed by atoms with Crippen LogP contribution in [0, 0.1) is 0 Å². The van der Waals surface area contributed by atoms with Gasteiger partial charge in [-0.3, -0.25) is 14.8 Å². The number of aliphatic hydroxyl groups is 1. The number of pyridine rings is 1. The highest BCUT2D eigenvalue weighted by atomic mass is 19.3. The van der Waals surface area contributed by atoms with Gasteiger partial charge in [0.2, 0.25) is 5.91 Å². The molecule has 1 aromatic carbocycles. The van der Waals surface area contributed by atoms with Crippen LogP contribution in [-0.2, 0) is 4.79 Å². The molecule has 0 bridgehead atoms. The third-order valence-electron chi connectivity index (χ3n) is 4.52. The topological polar surface area (TPSA) is 65.9 Å². The number of anilines is 1. The summed E-state index contributed by atoms with van der Waals surface area (Å²) < 4.78 is 29.2. The normalized spacial score (nSPS) is 16.8. The van der Waals surface area contributed by atoms with E-state index < -0.39 is 18.8 Å². The van der Waals surface area contributed by atoms with Crippen LogP contribution < -0.4 is 9.75 Å². The van der Waals surface area contributed by atoms with Gasteiger partial charge in [0, 0.05) is 12.6 Å². The number of alkyl halides is 2. The molecule has 1 N–H and O–H groups in total. The first-order valence-corrected chi connectivity index (χ1v) is 8.84. The van der Waals surface area contributed by atoms with Gasteiger partial charge in [-0.2, -0.15) is 8.78 Å². The second-order valence-corrected chi connectivity index (χ2v) is 6.44. The molecule has 0 fully saturated rings. The maximum atomic E-state index is 12.7. The fraction of sp³-hybridized carbons (Fsp3) is 0.300. The average molecular weight is 389 g/mol. The second-order valence-electron chi connectivity index (χ2n) is 6.44. The Hall–Kier alpha value is -3.00. The number of rotatable bonds is 6. The highest BCUT2D eigenvalue weighted by Crippen LogP contribution is 2.33. The zero-order valence-electron chi connectivity index (χ0n) is 15.5. The van der Waals surface area contributed by atoms with Gasteiger partial charge in [-0.15, -0.1) is 0 Å². The number of hydrazine groups is 1. The molecule has 8 heteroatoms. The van der Waals surface area contributed by atoms with Crippen LogP contribution in [-0.4, -0.2) is 39.8 Å². The number of aromatic nitrogens is 1. The highest BCUT2D eigenvalue weighted by Gasteiger charge is 2.34. The first kappa shape index (κ1) is 19.8. The van der Waals surface area contributed by atoms with Gasteiger partial charge < -0.3 is 9.84 Å². The lowest BCUT2D eigenvalue weighted by molar-refractivity contribution is -0.121. The van der Waals surface area contributed by atoms with Crippen LogP contribution in [0.25, 0.3) is 5.70 Å². The first-order chi connectivity index (χ1) is 13.4. The van der Waals surface area contributed by atoms with Crippen molar-refractivity contribution in [1.29, 1.82) is 0 Å². The van der Waals surface area contributed by atoms with Crippen LogP contribution in [0.1, 0.15) is 25.8 Å². The highest BCUT2D eigenvalue weighted by molar-refractivity contribution is 5.97. The summed E-state index contributed by atoms with van der Waals surface area (Å²) in [7, 11) is 0. The van der Waals surface area contributed by atoms with Crippen molar-refractivity contribution in [3.63, 3.8) is 0 Å². The minimum absolute atomic E-state index is 0.0467. The van der Waals surface area contributed by atoms with E-state index in [1.165, 1.54) is 17.1 Å². The maximum absolute atomic E-state index is 12.7. The Morgan fingerprint density at radius 1 is 1.18 bits per heavy atom. The molecule has 0 saturated heterocycles. The standard InChI is InChI=1S/C20H21F2N3O3/c1-13(14(2)26)24-18(15-5-7-17(8-6-15)28-20(21)22)9-10-19(27)25(24)16-4-3-11-23-12-16/h3-9,11-14,20,26H,10H2,1-2H3/t13-,14-/m0/s1. The van der Waals surface area contributed by atoms with E-state index in [9.17, 15) is 18.7 Å².